The fraction of sp³-hybridized carbons (Fsp3) is 0.0189. The van der Waals surface area contributed by atoms with Crippen LogP contribution in [0.15, 0.2) is 208 Å². The van der Waals surface area contributed by atoms with Crippen LogP contribution in [-0.2, 0) is 5.41 Å². The molecule has 0 atom stereocenters. The molecule has 0 bridgehead atoms. The van der Waals surface area contributed by atoms with Gasteiger partial charge in [0.1, 0.15) is 11.2 Å². The van der Waals surface area contributed by atoms with Crippen LogP contribution >= 0.6 is 11.8 Å². The Morgan fingerprint density at radius 2 is 0.727 bits per heavy atom. The van der Waals surface area contributed by atoms with Crippen LogP contribution in [0.25, 0.3) is 76.2 Å². The van der Waals surface area contributed by atoms with Crippen molar-refractivity contribution in [3.63, 3.8) is 0 Å². The second-order valence-electron chi connectivity index (χ2n) is 14.7. The molecule has 256 valence electrons. The molecule has 0 unspecified atom stereocenters. The van der Waals surface area contributed by atoms with Crippen molar-refractivity contribution in [1.29, 1.82) is 0 Å². The van der Waals surface area contributed by atoms with Gasteiger partial charge in [-0.1, -0.05) is 188 Å². The second-order valence-corrected chi connectivity index (χ2v) is 15.7. The predicted molar refractivity (Wildman–Crippen MR) is 232 cm³/mol. The van der Waals surface area contributed by atoms with E-state index in [-0.39, 0.29) is 0 Å². The van der Waals surface area contributed by atoms with Crippen molar-refractivity contribution in [2.24, 2.45) is 0 Å². The summed E-state index contributed by atoms with van der Waals surface area (Å²) in [6, 6.07) is 71.7. The molecule has 0 aliphatic carbocycles. The zero-order valence-electron chi connectivity index (χ0n) is 29.8. The van der Waals surface area contributed by atoms with Crippen LogP contribution in [0.2, 0.25) is 0 Å². The van der Waals surface area contributed by atoms with Crippen molar-refractivity contribution >= 4 is 76.8 Å². The van der Waals surface area contributed by atoms with Crippen molar-refractivity contribution in [1.82, 2.24) is 0 Å². The second kappa shape index (κ2) is 11.7. The first kappa shape index (κ1) is 30.8. The average molecular weight is 717 g/mol. The Morgan fingerprint density at radius 3 is 1.31 bits per heavy atom. The van der Waals surface area contributed by atoms with Crippen molar-refractivity contribution in [3.8, 4) is 11.1 Å². The predicted octanol–water partition coefficient (Wildman–Crippen LogP) is 14.7. The van der Waals surface area contributed by atoms with E-state index in [2.05, 4.69) is 182 Å². The number of hydrogen-bond acceptors (Lipinski definition) is 2. The quantitative estimate of drug-likeness (QED) is 0.169. The van der Waals surface area contributed by atoms with Gasteiger partial charge >= 0.3 is 0 Å². The molecule has 1 nitrogen and oxygen atoms in total. The van der Waals surface area contributed by atoms with E-state index >= 15 is 0 Å². The first-order valence-corrected chi connectivity index (χ1v) is 19.7. The fourth-order valence-corrected chi connectivity index (χ4v) is 11.2. The lowest BCUT2D eigenvalue weighted by Crippen LogP contribution is -2.35. The molecular weight excluding hydrogens is 685 g/mol. The lowest BCUT2D eigenvalue weighted by molar-refractivity contribution is 0.669. The highest BCUT2D eigenvalue weighted by Crippen LogP contribution is 2.62. The van der Waals surface area contributed by atoms with Crippen LogP contribution in [-0.4, -0.2) is 0 Å². The van der Waals surface area contributed by atoms with E-state index in [1.165, 1.54) is 75.1 Å². The molecule has 10 aromatic carbocycles. The van der Waals surface area contributed by atoms with Crippen LogP contribution in [0.4, 0.5) is 0 Å². The Morgan fingerprint density at radius 1 is 0.309 bits per heavy atom. The summed E-state index contributed by atoms with van der Waals surface area (Å²) in [5.74, 6) is 0. The average Bonchev–Trinajstić information content (AvgIpc) is 3.64. The standard InChI is InChI=1S/C53H32OS/c1-2-14-35(15-3-1)53(36-29-26-33(27-30-36)34-28-31-42-41-20-12-13-25-47(41)54-48(42)32-34)49-43-21-8-4-16-37(43)39-18-6-10-23-45(39)51(49)55-52-46-24-11-7-19-40(46)38-17-5-9-22-44(38)50(52)53/h1-32H. The molecule has 11 aromatic rings. The number of furan rings is 1. The van der Waals surface area contributed by atoms with Crippen molar-refractivity contribution in [3.05, 3.63) is 216 Å². The van der Waals surface area contributed by atoms with Crippen LogP contribution in [0.5, 0.6) is 0 Å². The number of para-hydroxylation sites is 1. The minimum absolute atomic E-state index is 0.647. The smallest absolute Gasteiger partial charge is 0.136 e. The number of benzene rings is 10. The zero-order valence-corrected chi connectivity index (χ0v) is 30.6. The third kappa shape index (κ3) is 4.26. The Kier molecular flexibility index (Phi) is 6.55. The molecule has 1 aliphatic rings. The molecule has 0 radical (unpaired) electrons. The lowest BCUT2D eigenvalue weighted by atomic mass is 9.62. The highest BCUT2D eigenvalue weighted by molar-refractivity contribution is 8.00. The molecule has 0 amide bonds. The molecule has 1 aliphatic heterocycles. The van der Waals surface area contributed by atoms with Crippen LogP contribution in [0.3, 0.4) is 0 Å². The van der Waals surface area contributed by atoms with E-state index in [1.807, 2.05) is 23.9 Å². The summed E-state index contributed by atoms with van der Waals surface area (Å²) < 4.78 is 6.34. The Hall–Kier alpha value is -6.61. The summed E-state index contributed by atoms with van der Waals surface area (Å²) in [6.07, 6.45) is 0. The van der Waals surface area contributed by atoms with Gasteiger partial charge in [0.25, 0.3) is 0 Å². The summed E-state index contributed by atoms with van der Waals surface area (Å²) in [5, 5.41) is 12.6. The Labute approximate surface area is 322 Å². The van der Waals surface area contributed by atoms with Gasteiger partial charge in [-0.3, -0.25) is 0 Å². The minimum Gasteiger partial charge on any atom is -0.456 e. The first-order valence-electron chi connectivity index (χ1n) is 18.9. The molecule has 2 heterocycles. The molecule has 12 rings (SSSR count). The van der Waals surface area contributed by atoms with E-state index in [1.54, 1.807) is 0 Å². The zero-order chi connectivity index (χ0) is 36.1. The third-order valence-electron chi connectivity index (χ3n) is 12.0. The molecule has 1 aromatic heterocycles. The maximum absolute atomic E-state index is 6.34. The van der Waals surface area contributed by atoms with E-state index in [0.29, 0.717) is 0 Å². The van der Waals surface area contributed by atoms with Crippen molar-refractivity contribution < 1.29 is 4.42 Å². The third-order valence-corrected chi connectivity index (χ3v) is 13.2. The van der Waals surface area contributed by atoms with Gasteiger partial charge in [-0.25, -0.2) is 0 Å². The number of hydrogen-bond donors (Lipinski definition) is 0. The van der Waals surface area contributed by atoms with Gasteiger partial charge in [-0.05, 0) is 94.7 Å². The topological polar surface area (TPSA) is 13.1 Å². The number of rotatable bonds is 3. The Bertz CT molecular complexity index is 3210. The lowest BCUT2D eigenvalue weighted by Gasteiger charge is -2.44. The number of fused-ring (bicyclic) bond motifs is 15. The van der Waals surface area contributed by atoms with E-state index in [4.69, 9.17) is 4.42 Å². The fourth-order valence-electron chi connectivity index (χ4n) is 9.65. The van der Waals surface area contributed by atoms with Gasteiger partial charge in [-0.2, -0.15) is 0 Å². The van der Waals surface area contributed by atoms with Gasteiger partial charge in [0.05, 0.1) is 5.41 Å². The van der Waals surface area contributed by atoms with E-state index in [0.717, 1.165) is 33.1 Å². The summed E-state index contributed by atoms with van der Waals surface area (Å²) in [6.45, 7) is 0. The summed E-state index contributed by atoms with van der Waals surface area (Å²) in [5.41, 5.74) is 8.68. The summed E-state index contributed by atoms with van der Waals surface area (Å²) >= 11 is 1.96. The highest BCUT2D eigenvalue weighted by Gasteiger charge is 2.47. The molecule has 0 saturated heterocycles. The van der Waals surface area contributed by atoms with Crippen LogP contribution < -0.4 is 0 Å². The molecule has 0 saturated carbocycles. The SMILES string of the molecule is c1ccc(C2(c3ccc(-c4ccc5c(c4)oc4ccccc45)cc3)c3c(c4ccccc4c4ccccc34)Sc3c2c2ccccc2c2ccccc32)cc1. The van der Waals surface area contributed by atoms with E-state index < -0.39 is 5.41 Å². The Balaban J connectivity index is 1.23. The first-order chi connectivity index (χ1) is 27.3. The van der Waals surface area contributed by atoms with E-state index in [9.17, 15) is 0 Å². The van der Waals surface area contributed by atoms with Gasteiger partial charge in [0.2, 0.25) is 0 Å². The van der Waals surface area contributed by atoms with Crippen molar-refractivity contribution in [2.45, 2.75) is 15.2 Å². The van der Waals surface area contributed by atoms with Gasteiger partial charge in [-0.15, -0.1) is 0 Å². The molecule has 0 N–H and O–H groups in total. The van der Waals surface area contributed by atoms with Gasteiger partial charge in [0, 0.05) is 20.6 Å². The molecule has 0 spiro atoms. The highest BCUT2D eigenvalue weighted by atomic mass is 32.2. The maximum Gasteiger partial charge on any atom is 0.136 e. The maximum atomic E-state index is 6.34. The van der Waals surface area contributed by atoms with Crippen LogP contribution in [0, 0.1) is 0 Å². The van der Waals surface area contributed by atoms with Gasteiger partial charge < -0.3 is 4.42 Å². The normalized spacial score (nSPS) is 13.5. The summed E-state index contributed by atoms with van der Waals surface area (Å²) in [4.78, 5) is 2.65. The van der Waals surface area contributed by atoms with Crippen molar-refractivity contribution in [2.75, 3.05) is 0 Å². The molecule has 55 heavy (non-hydrogen) atoms. The largest absolute Gasteiger partial charge is 0.456 e. The molecular formula is C53H32OS. The monoisotopic (exact) mass is 716 g/mol. The molecule has 0 fully saturated rings. The van der Waals surface area contributed by atoms with Gasteiger partial charge in [0.15, 0.2) is 0 Å². The minimum atomic E-state index is -0.647. The summed E-state index contributed by atoms with van der Waals surface area (Å²) in [7, 11) is 0. The van der Waals surface area contributed by atoms with Crippen LogP contribution in [0.1, 0.15) is 22.3 Å². The molecule has 2 heteroatoms.